The molecule has 3 atom stereocenters. The van der Waals surface area contributed by atoms with Crippen molar-refractivity contribution in [3.05, 3.63) is 74.6 Å². The molecule has 0 aliphatic heterocycles. The van der Waals surface area contributed by atoms with Crippen molar-refractivity contribution in [2.45, 2.75) is 59.2 Å². The fourth-order valence-corrected chi connectivity index (χ4v) is 4.42. The molecule has 40 heavy (non-hydrogen) atoms. The standard InChI is InChI=1S/C30H35BrN2O7/c1-6-18(4)27(29(36)32-21(14-17(2)3)30(37)38-5)33-28(35)25-15-22(34)26-23(8-7-9-24(26)40-25)39-16-19-10-12-20(31)13-11-19/h7-13,15,17-18,21,27H,6,14,16H2,1-5H3,(H,32,36)(H,33,35)/t18-,21+,27+/m1/s1. The van der Waals surface area contributed by atoms with Crippen LogP contribution in [0.3, 0.4) is 0 Å². The molecule has 0 aliphatic carbocycles. The first-order chi connectivity index (χ1) is 19.0. The molecule has 0 aliphatic rings. The summed E-state index contributed by atoms with van der Waals surface area (Å²) in [5.74, 6) is -1.87. The Morgan fingerprint density at radius 2 is 1.73 bits per heavy atom. The SMILES string of the molecule is CC[C@@H](C)[C@H](NC(=O)c1cc(=O)c2c(OCc3ccc(Br)cc3)cccc2o1)C(=O)N[C@@H](CC(C)C)C(=O)OC. The third-order valence-electron chi connectivity index (χ3n) is 6.54. The van der Waals surface area contributed by atoms with Crippen LogP contribution < -0.4 is 20.8 Å². The number of benzene rings is 2. The van der Waals surface area contributed by atoms with Gasteiger partial charge in [-0.25, -0.2) is 4.79 Å². The average Bonchev–Trinajstić information content (AvgIpc) is 2.93. The minimum absolute atomic E-state index is 0.122. The van der Waals surface area contributed by atoms with Crippen LogP contribution in [-0.2, 0) is 20.9 Å². The number of hydrogen-bond acceptors (Lipinski definition) is 7. The van der Waals surface area contributed by atoms with Crippen molar-refractivity contribution in [2.75, 3.05) is 7.11 Å². The molecular weight excluding hydrogens is 580 g/mol. The van der Waals surface area contributed by atoms with Gasteiger partial charge >= 0.3 is 5.97 Å². The number of esters is 1. The second kappa shape index (κ2) is 14.1. The Bertz CT molecular complexity index is 1400. The molecule has 1 aromatic heterocycles. The van der Waals surface area contributed by atoms with Crippen LogP contribution in [-0.4, -0.2) is 37.0 Å². The van der Waals surface area contributed by atoms with Crippen LogP contribution in [0.4, 0.5) is 0 Å². The van der Waals surface area contributed by atoms with Gasteiger partial charge in [-0.05, 0) is 48.1 Å². The lowest BCUT2D eigenvalue weighted by Crippen LogP contribution is -2.54. The van der Waals surface area contributed by atoms with Crippen molar-refractivity contribution in [1.82, 2.24) is 10.6 Å². The van der Waals surface area contributed by atoms with Crippen LogP contribution in [0.25, 0.3) is 11.0 Å². The van der Waals surface area contributed by atoms with E-state index >= 15 is 0 Å². The summed E-state index contributed by atoms with van der Waals surface area (Å²) >= 11 is 3.40. The summed E-state index contributed by atoms with van der Waals surface area (Å²) < 4.78 is 17.5. The van der Waals surface area contributed by atoms with Gasteiger partial charge in [0.05, 0.1) is 7.11 Å². The molecule has 0 bridgehead atoms. The topological polar surface area (TPSA) is 124 Å². The van der Waals surface area contributed by atoms with Crippen molar-refractivity contribution in [3.8, 4) is 5.75 Å². The third-order valence-corrected chi connectivity index (χ3v) is 7.07. The maximum atomic E-state index is 13.2. The highest BCUT2D eigenvalue weighted by Crippen LogP contribution is 2.25. The first-order valence-corrected chi connectivity index (χ1v) is 14.0. The van der Waals surface area contributed by atoms with Crippen LogP contribution in [0, 0.1) is 11.8 Å². The first-order valence-electron chi connectivity index (χ1n) is 13.2. The van der Waals surface area contributed by atoms with Gasteiger partial charge in [-0.3, -0.25) is 14.4 Å². The minimum atomic E-state index is -0.974. The maximum Gasteiger partial charge on any atom is 0.328 e. The summed E-state index contributed by atoms with van der Waals surface area (Å²) in [6.07, 6.45) is 0.956. The fraction of sp³-hybridized carbons (Fsp3) is 0.400. The Hall–Kier alpha value is -3.66. The average molecular weight is 616 g/mol. The minimum Gasteiger partial charge on any atom is -0.488 e. The molecule has 2 aromatic carbocycles. The van der Waals surface area contributed by atoms with E-state index in [-0.39, 0.29) is 35.2 Å². The molecule has 0 saturated heterocycles. The zero-order chi connectivity index (χ0) is 29.4. The normalized spacial score (nSPS) is 13.4. The van der Waals surface area contributed by atoms with Gasteiger partial charge in [-0.1, -0.05) is 68.2 Å². The number of carbonyl (C=O) groups excluding carboxylic acids is 3. The van der Waals surface area contributed by atoms with Crippen molar-refractivity contribution in [2.24, 2.45) is 11.8 Å². The van der Waals surface area contributed by atoms with E-state index in [9.17, 15) is 19.2 Å². The highest BCUT2D eigenvalue weighted by atomic mass is 79.9. The van der Waals surface area contributed by atoms with E-state index in [0.717, 1.165) is 16.1 Å². The molecule has 0 radical (unpaired) electrons. The van der Waals surface area contributed by atoms with Gasteiger partial charge in [0.2, 0.25) is 5.91 Å². The highest BCUT2D eigenvalue weighted by molar-refractivity contribution is 9.10. The molecule has 2 amide bonds. The number of halogens is 1. The molecule has 0 fully saturated rings. The second-order valence-corrected chi connectivity index (χ2v) is 11.0. The van der Waals surface area contributed by atoms with Gasteiger partial charge in [0, 0.05) is 10.5 Å². The van der Waals surface area contributed by atoms with Crippen molar-refractivity contribution >= 4 is 44.7 Å². The molecule has 3 rings (SSSR count). The largest absolute Gasteiger partial charge is 0.488 e. The summed E-state index contributed by atoms with van der Waals surface area (Å²) in [7, 11) is 1.26. The number of rotatable bonds is 12. The number of methoxy groups -OCH3 is 1. The van der Waals surface area contributed by atoms with E-state index in [1.54, 1.807) is 18.2 Å². The third kappa shape index (κ3) is 7.94. The molecule has 0 spiro atoms. The Morgan fingerprint density at radius 3 is 2.35 bits per heavy atom. The molecule has 0 unspecified atom stereocenters. The number of nitrogens with one attached hydrogen (secondary N) is 2. The Kier molecular flexibility index (Phi) is 10.9. The quantitative estimate of drug-likeness (QED) is 0.276. The van der Waals surface area contributed by atoms with Crippen LogP contribution in [0.15, 0.2) is 62.2 Å². The first kappa shape index (κ1) is 30.9. The molecule has 214 valence electrons. The van der Waals surface area contributed by atoms with Crippen molar-refractivity contribution in [1.29, 1.82) is 0 Å². The number of hydrogen-bond donors (Lipinski definition) is 2. The summed E-state index contributed by atoms with van der Waals surface area (Å²) in [6.45, 7) is 7.79. The number of carbonyl (C=O) groups is 3. The Balaban J connectivity index is 1.82. The van der Waals surface area contributed by atoms with Crippen LogP contribution >= 0.6 is 15.9 Å². The monoisotopic (exact) mass is 614 g/mol. The summed E-state index contributed by atoms with van der Waals surface area (Å²) in [6, 6.07) is 11.8. The van der Waals surface area contributed by atoms with Gasteiger partial charge in [0.15, 0.2) is 11.2 Å². The number of amides is 2. The van der Waals surface area contributed by atoms with Crippen molar-refractivity contribution in [3.63, 3.8) is 0 Å². The summed E-state index contributed by atoms with van der Waals surface area (Å²) in [4.78, 5) is 51.7. The molecular formula is C30H35BrN2O7. The van der Waals surface area contributed by atoms with Gasteiger partial charge in [-0.2, -0.15) is 0 Å². The van der Waals surface area contributed by atoms with E-state index < -0.39 is 35.3 Å². The molecule has 1 heterocycles. The zero-order valence-corrected chi connectivity index (χ0v) is 24.9. The van der Waals surface area contributed by atoms with Gasteiger partial charge in [0.25, 0.3) is 5.91 Å². The van der Waals surface area contributed by atoms with E-state index in [4.69, 9.17) is 13.9 Å². The lowest BCUT2D eigenvalue weighted by atomic mass is 9.97. The predicted molar refractivity (Wildman–Crippen MR) is 155 cm³/mol. The summed E-state index contributed by atoms with van der Waals surface area (Å²) in [5, 5.41) is 5.61. The second-order valence-electron chi connectivity index (χ2n) is 10.1. The van der Waals surface area contributed by atoms with Gasteiger partial charge in [-0.15, -0.1) is 0 Å². The lowest BCUT2D eigenvalue weighted by Gasteiger charge is -2.26. The number of ether oxygens (including phenoxy) is 2. The van der Waals surface area contributed by atoms with E-state index in [0.29, 0.717) is 18.6 Å². The number of fused-ring (bicyclic) bond motifs is 1. The molecule has 3 aromatic rings. The highest BCUT2D eigenvalue weighted by Gasteiger charge is 2.31. The smallest absolute Gasteiger partial charge is 0.328 e. The fourth-order valence-electron chi connectivity index (χ4n) is 4.16. The lowest BCUT2D eigenvalue weighted by molar-refractivity contribution is -0.145. The van der Waals surface area contributed by atoms with Crippen LogP contribution in [0.2, 0.25) is 0 Å². The molecule has 2 N–H and O–H groups in total. The summed E-state index contributed by atoms with van der Waals surface area (Å²) in [5.41, 5.74) is 0.640. The Morgan fingerprint density at radius 1 is 1.02 bits per heavy atom. The Labute approximate surface area is 241 Å². The predicted octanol–water partition coefficient (Wildman–Crippen LogP) is 4.98. The van der Waals surface area contributed by atoms with Gasteiger partial charge < -0.3 is 24.5 Å². The van der Waals surface area contributed by atoms with Crippen LogP contribution in [0.1, 0.15) is 56.7 Å². The molecule has 0 saturated carbocycles. The zero-order valence-electron chi connectivity index (χ0n) is 23.3. The van der Waals surface area contributed by atoms with Crippen LogP contribution in [0.5, 0.6) is 5.75 Å². The van der Waals surface area contributed by atoms with Crippen molar-refractivity contribution < 1.29 is 28.3 Å². The van der Waals surface area contributed by atoms with E-state index in [2.05, 4.69) is 26.6 Å². The molecule has 9 nitrogen and oxygen atoms in total. The maximum absolute atomic E-state index is 13.2. The molecule has 10 heteroatoms. The van der Waals surface area contributed by atoms with E-state index in [1.165, 1.54) is 7.11 Å². The van der Waals surface area contributed by atoms with Gasteiger partial charge in [0.1, 0.15) is 35.4 Å². The van der Waals surface area contributed by atoms with E-state index in [1.807, 2.05) is 52.0 Å².